The van der Waals surface area contributed by atoms with Crippen molar-refractivity contribution in [1.82, 2.24) is 5.32 Å². The molecule has 0 aliphatic heterocycles. The van der Waals surface area contributed by atoms with Gasteiger partial charge in [0.15, 0.2) is 5.96 Å². The van der Waals surface area contributed by atoms with Crippen LogP contribution in [0.5, 0.6) is 0 Å². The normalized spacial score (nSPS) is 13.4. The molecule has 0 aromatic carbocycles. The topological polar surface area (TPSA) is 59.6 Å². The van der Waals surface area contributed by atoms with Gasteiger partial charge in [-0.25, -0.2) is 0 Å². The Kier molecular flexibility index (Phi) is 14.1. The predicted octanol–water partition coefficient (Wildman–Crippen LogP) is 2.37. The van der Waals surface area contributed by atoms with Gasteiger partial charge < -0.3 is 15.8 Å². The molecule has 4 nitrogen and oxygen atoms in total. The van der Waals surface area contributed by atoms with Crippen molar-refractivity contribution in [2.24, 2.45) is 16.6 Å². The summed E-state index contributed by atoms with van der Waals surface area (Å²) in [6.07, 6.45) is 2.29. The van der Waals surface area contributed by atoms with Gasteiger partial charge in [-0.3, -0.25) is 4.99 Å². The molecule has 1 unspecified atom stereocenters. The van der Waals surface area contributed by atoms with Crippen LogP contribution in [0, 0.1) is 5.92 Å². The van der Waals surface area contributed by atoms with Crippen molar-refractivity contribution in [2.45, 2.75) is 46.6 Å². The summed E-state index contributed by atoms with van der Waals surface area (Å²) in [6.45, 7) is 10.8. The Morgan fingerprint density at radius 2 is 2.00 bits per heavy atom. The van der Waals surface area contributed by atoms with Crippen LogP contribution in [-0.2, 0) is 4.74 Å². The summed E-state index contributed by atoms with van der Waals surface area (Å²) in [5, 5.41) is 3.11. The molecule has 17 heavy (non-hydrogen) atoms. The molecule has 1 atom stereocenters. The van der Waals surface area contributed by atoms with E-state index in [1.807, 2.05) is 6.92 Å². The molecule has 0 spiro atoms. The molecule has 0 radical (unpaired) electrons. The molecule has 0 aromatic heterocycles. The molecule has 5 heteroatoms. The van der Waals surface area contributed by atoms with Gasteiger partial charge in [-0.05, 0) is 25.7 Å². The first-order valence-corrected chi connectivity index (χ1v) is 6.27. The summed E-state index contributed by atoms with van der Waals surface area (Å²) in [7, 11) is 0. The molecule has 0 fully saturated rings. The van der Waals surface area contributed by atoms with Gasteiger partial charge >= 0.3 is 0 Å². The van der Waals surface area contributed by atoms with E-state index in [1.165, 1.54) is 0 Å². The van der Waals surface area contributed by atoms with E-state index >= 15 is 0 Å². The van der Waals surface area contributed by atoms with E-state index in [9.17, 15) is 0 Å². The zero-order valence-electron chi connectivity index (χ0n) is 11.5. The Labute approximate surface area is 123 Å². The van der Waals surface area contributed by atoms with Crippen LogP contribution in [0.3, 0.4) is 0 Å². The van der Waals surface area contributed by atoms with Crippen LogP contribution >= 0.6 is 24.0 Å². The van der Waals surface area contributed by atoms with Crippen molar-refractivity contribution in [3.8, 4) is 0 Å². The molecule has 0 saturated carbocycles. The molecule has 0 aliphatic carbocycles. The zero-order chi connectivity index (χ0) is 12.4. The van der Waals surface area contributed by atoms with Gasteiger partial charge in [0.25, 0.3) is 0 Å². The Bertz CT molecular complexity index is 198. The van der Waals surface area contributed by atoms with Crippen LogP contribution < -0.4 is 11.1 Å². The van der Waals surface area contributed by atoms with Gasteiger partial charge in [-0.1, -0.05) is 20.8 Å². The number of nitrogens with zero attached hydrogens (tertiary/aromatic N) is 1. The van der Waals surface area contributed by atoms with Gasteiger partial charge in [-0.2, -0.15) is 0 Å². The highest BCUT2D eigenvalue weighted by molar-refractivity contribution is 14.0. The summed E-state index contributed by atoms with van der Waals surface area (Å²) >= 11 is 0. The Morgan fingerprint density at radius 1 is 1.35 bits per heavy atom. The third kappa shape index (κ3) is 10.8. The second-order valence-corrected chi connectivity index (χ2v) is 4.22. The average molecular weight is 357 g/mol. The van der Waals surface area contributed by atoms with Crippen LogP contribution in [0.4, 0.5) is 0 Å². The van der Waals surface area contributed by atoms with Gasteiger partial charge in [-0.15, -0.1) is 24.0 Å². The molecule has 0 heterocycles. The first-order chi connectivity index (χ1) is 7.61. The maximum Gasteiger partial charge on any atom is 0.188 e. The first kappa shape index (κ1) is 19.3. The highest BCUT2D eigenvalue weighted by Crippen LogP contribution is 2.09. The van der Waals surface area contributed by atoms with Gasteiger partial charge in [0.05, 0.1) is 6.10 Å². The number of ether oxygens (including phenoxy) is 1. The largest absolute Gasteiger partial charge is 0.378 e. The molecule has 104 valence electrons. The number of halogens is 1. The molecule has 0 rings (SSSR count). The summed E-state index contributed by atoms with van der Waals surface area (Å²) in [5.41, 5.74) is 5.69. The van der Waals surface area contributed by atoms with Gasteiger partial charge in [0.2, 0.25) is 0 Å². The van der Waals surface area contributed by atoms with Crippen molar-refractivity contribution in [2.75, 3.05) is 19.7 Å². The van der Waals surface area contributed by atoms with E-state index in [-0.39, 0.29) is 24.0 Å². The fourth-order valence-electron chi connectivity index (χ4n) is 1.45. The maximum absolute atomic E-state index is 5.69. The predicted molar refractivity (Wildman–Crippen MR) is 85.1 cm³/mol. The lowest BCUT2D eigenvalue weighted by molar-refractivity contribution is 0.0258. The minimum Gasteiger partial charge on any atom is -0.378 e. The molecular formula is C12H28IN3O. The highest BCUT2D eigenvalue weighted by Gasteiger charge is 2.12. The second kappa shape index (κ2) is 12.4. The number of aliphatic imine (C=N–C) groups is 1. The molecule has 0 bridgehead atoms. The SMILES string of the molecule is CCCN=C(N)NCCC(OCC)C(C)C.I. The van der Waals surface area contributed by atoms with E-state index in [0.717, 1.165) is 32.5 Å². The van der Waals surface area contributed by atoms with E-state index in [2.05, 4.69) is 31.1 Å². The van der Waals surface area contributed by atoms with Crippen LogP contribution in [0.2, 0.25) is 0 Å². The fraction of sp³-hybridized carbons (Fsp3) is 0.917. The zero-order valence-corrected chi connectivity index (χ0v) is 13.9. The van der Waals surface area contributed by atoms with Crippen molar-refractivity contribution in [3.05, 3.63) is 0 Å². The van der Waals surface area contributed by atoms with Crippen molar-refractivity contribution >= 4 is 29.9 Å². The molecule has 0 saturated heterocycles. The lowest BCUT2D eigenvalue weighted by Gasteiger charge is -2.20. The first-order valence-electron chi connectivity index (χ1n) is 6.27. The van der Waals surface area contributed by atoms with E-state index < -0.39 is 0 Å². The Hall–Kier alpha value is -0.0400. The van der Waals surface area contributed by atoms with E-state index in [4.69, 9.17) is 10.5 Å². The lowest BCUT2D eigenvalue weighted by atomic mass is 10.0. The molecular weight excluding hydrogens is 329 g/mol. The average Bonchev–Trinajstić information content (AvgIpc) is 2.25. The summed E-state index contributed by atoms with van der Waals surface area (Å²) in [4.78, 5) is 4.17. The number of hydrogen-bond donors (Lipinski definition) is 2. The maximum atomic E-state index is 5.69. The standard InChI is InChI=1S/C12H27N3O.HI/c1-5-8-14-12(13)15-9-7-11(10(3)4)16-6-2;/h10-11H,5-9H2,1-4H3,(H3,13,14,15);1H. The molecule has 0 aliphatic rings. The minimum atomic E-state index is 0. The Balaban J connectivity index is 0. The minimum absolute atomic E-state index is 0. The summed E-state index contributed by atoms with van der Waals surface area (Å²) in [5.74, 6) is 1.08. The van der Waals surface area contributed by atoms with Crippen molar-refractivity contribution in [1.29, 1.82) is 0 Å². The second-order valence-electron chi connectivity index (χ2n) is 4.22. The van der Waals surface area contributed by atoms with Gasteiger partial charge in [0.1, 0.15) is 0 Å². The third-order valence-corrected chi connectivity index (χ3v) is 2.37. The monoisotopic (exact) mass is 357 g/mol. The molecule has 0 aromatic rings. The van der Waals surface area contributed by atoms with E-state index in [1.54, 1.807) is 0 Å². The van der Waals surface area contributed by atoms with Crippen LogP contribution in [0.15, 0.2) is 4.99 Å². The number of nitrogens with two attached hydrogens (primary N) is 1. The quantitative estimate of drug-likeness (QED) is 0.398. The lowest BCUT2D eigenvalue weighted by Crippen LogP contribution is -2.35. The molecule has 0 amide bonds. The number of hydrogen-bond acceptors (Lipinski definition) is 2. The van der Waals surface area contributed by atoms with Crippen LogP contribution in [0.1, 0.15) is 40.5 Å². The summed E-state index contributed by atoms with van der Waals surface area (Å²) in [6, 6.07) is 0. The van der Waals surface area contributed by atoms with E-state index in [0.29, 0.717) is 18.0 Å². The number of rotatable bonds is 8. The smallest absolute Gasteiger partial charge is 0.188 e. The summed E-state index contributed by atoms with van der Waals surface area (Å²) < 4.78 is 5.65. The number of nitrogens with one attached hydrogen (secondary N) is 1. The van der Waals surface area contributed by atoms with Crippen molar-refractivity contribution in [3.63, 3.8) is 0 Å². The molecule has 3 N–H and O–H groups in total. The van der Waals surface area contributed by atoms with Crippen LogP contribution in [-0.4, -0.2) is 31.8 Å². The highest BCUT2D eigenvalue weighted by atomic mass is 127. The number of guanidine groups is 1. The van der Waals surface area contributed by atoms with Crippen LogP contribution in [0.25, 0.3) is 0 Å². The third-order valence-electron chi connectivity index (χ3n) is 2.37. The fourth-order valence-corrected chi connectivity index (χ4v) is 1.45. The van der Waals surface area contributed by atoms with Gasteiger partial charge in [0, 0.05) is 19.7 Å². The Morgan fingerprint density at radius 3 is 2.47 bits per heavy atom. The van der Waals surface area contributed by atoms with Crippen molar-refractivity contribution < 1.29 is 4.74 Å².